The van der Waals surface area contributed by atoms with Gasteiger partial charge in [0.25, 0.3) is 5.91 Å². The van der Waals surface area contributed by atoms with Crippen LogP contribution in [0.5, 0.6) is 5.75 Å². The van der Waals surface area contributed by atoms with Crippen molar-refractivity contribution in [1.29, 1.82) is 0 Å². The maximum atomic E-state index is 12.1. The molecule has 0 bridgehead atoms. The zero-order chi connectivity index (χ0) is 15.9. The molecule has 0 radical (unpaired) electrons. The van der Waals surface area contributed by atoms with E-state index >= 15 is 0 Å². The molecule has 1 saturated heterocycles. The summed E-state index contributed by atoms with van der Waals surface area (Å²) in [6.45, 7) is 1.85. The van der Waals surface area contributed by atoms with Gasteiger partial charge in [-0.15, -0.1) is 0 Å². The average Bonchev–Trinajstić information content (AvgIpc) is 3.13. The second kappa shape index (κ2) is 7.74. The minimum absolute atomic E-state index is 0.112. The molecule has 23 heavy (non-hydrogen) atoms. The number of pyridine rings is 1. The Kier molecular flexibility index (Phi) is 5.21. The molecule has 5 heteroatoms. The molecular weight excluding hydrogens is 292 g/mol. The van der Waals surface area contributed by atoms with E-state index in [2.05, 4.69) is 10.3 Å². The predicted octanol–water partition coefficient (Wildman–Crippen LogP) is 2.57. The molecule has 1 aliphatic rings. The standard InChI is InChI=1S/C18H20N2O3/c21-18(20-12-14-3-1-9-19-11-14)15-5-7-16(8-6-15)23-13-17-4-2-10-22-17/h1,3,5-9,11,17H,2,4,10,12-13H2,(H,20,21). The van der Waals surface area contributed by atoms with Crippen LogP contribution in [0, 0.1) is 0 Å². The first-order chi connectivity index (χ1) is 11.3. The van der Waals surface area contributed by atoms with Crippen molar-refractivity contribution in [3.05, 3.63) is 59.9 Å². The van der Waals surface area contributed by atoms with Crippen LogP contribution in [0.25, 0.3) is 0 Å². The summed E-state index contributed by atoms with van der Waals surface area (Å²) in [5, 5.41) is 2.87. The molecule has 1 aromatic heterocycles. The van der Waals surface area contributed by atoms with Crippen molar-refractivity contribution in [2.24, 2.45) is 0 Å². The van der Waals surface area contributed by atoms with Crippen LogP contribution < -0.4 is 10.1 Å². The normalized spacial score (nSPS) is 17.0. The highest BCUT2D eigenvalue weighted by Crippen LogP contribution is 2.16. The summed E-state index contributed by atoms with van der Waals surface area (Å²) in [5.41, 5.74) is 1.58. The van der Waals surface area contributed by atoms with Gasteiger partial charge in [-0.1, -0.05) is 6.07 Å². The Morgan fingerprint density at radius 3 is 2.87 bits per heavy atom. The molecule has 1 aliphatic heterocycles. The summed E-state index contributed by atoms with van der Waals surface area (Å²) < 4.78 is 11.2. The van der Waals surface area contributed by atoms with Crippen LogP contribution in [0.4, 0.5) is 0 Å². The molecule has 2 heterocycles. The van der Waals surface area contributed by atoms with Gasteiger partial charge in [-0.05, 0) is 48.7 Å². The molecule has 2 aromatic rings. The lowest BCUT2D eigenvalue weighted by atomic mass is 10.2. The molecule has 0 aliphatic carbocycles. The van der Waals surface area contributed by atoms with Crippen molar-refractivity contribution in [1.82, 2.24) is 10.3 Å². The van der Waals surface area contributed by atoms with Crippen molar-refractivity contribution in [2.45, 2.75) is 25.5 Å². The summed E-state index contributed by atoms with van der Waals surface area (Å²) >= 11 is 0. The number of hydrogen-bond donors (Lipinski definition) is 1. The smallest absolute Gasteiger partial charge is 0.251 e. The fourth-order valence-electron chi connectivity index (χ4n) is 2.45. The molecule has 1 unspecified atom stereocenters. The minimum Gasteiger partial charge on any atom is -0.491 e. The first-order valence-corrected chi connectivity index (χ1v) is 7.83. The van der Waals surface area contributed by atoms with E-state index in [1.54, 1.807) is 24.5 Å². The topological polar surface area (TPSA) is 60.5 Å². The van der Waals surface area contributed by atoms with E-state index in [0.29, 0.717) is 18.7 Å². The lowest BCUT2D eigenvalue weighted by Crippen LogP contribution is -2.22. The lowest BCUT2D eigenvalue weighted by Gasteiger charge is -2.11. The largest absolute Gasteiger partial charge is 0.491 e. The number of nitrogens with one attached hydrogen (secondary N) is 1. The predicted molar refractivity (Wildman–Crippen MR) is 86.3 cm³/mol. The second-order valence-electron chi connectivity index (χ2n) is 5.51. The summed E-state index contributed by atoms with van der Waals surface area (Å²) in [6, 6.07) is 10.9. The number of aromatic nitrogens is 1. The summed E-state index contributed by atoms with van der Waals surface area (Å²) in [4.78, 5) is 16.1. The molecular formula is C18H20N2O3. The van der Waals surface area contributed by atoms with E-state index < -0.39 is 0 Å². The first kappa shape index (κ1) is 15.5. The Hall–Kier alpha value is -2.40. The molecule has 1 fully saturated rings. The number of hydrogen-bond acceptors (Lipinski definition) is 4. The number of carbonyl (C=O) groups is 1. The Morgan fingerprint density at radius 1 is 1.30 bits per heavy atom. The number of rotatable bonds is 6. The molecule has 0 saturated carbocycles. The second-order valence-corrected chi connectivity index (χ2v) is 5.51. The van der Waals surface area contributed by atoms with Crippen molar-refractivity contribution >= 4 is 5.91 Å². The molecule has 0 spiro atoms. The molecule has 1 amide bonds. The molecule has 1 atom stereocenters. The van der Waals surface area contributed by atoms with Gasteiger partial charge in [-0.25, -0.2) is 0 Å². The van der Waals surface area contributed by atoms with E-state index in [9.17, 15) is 4.79 Å². The van der Waals surface area contributed by atoms with Gasteiger partial charge in [0.1, 0.15) is 12.4 Å². The Labute approximate surface area is 135 Å². The van der Waals surface area contributed by atoms with Crippen LogP contribution in [0.15, 0.2) is 48.8 Å². The van der Waals surface area contributed by atoms with Gasteiger partial charge in [0.2, 0.25) is 0 Å². The Morgan fingerprint density at radius 2 is 2.17 bits per heavy atom. The van der Waals surface area contributed by atoms with Gasteiger partial charge in [0, 0.05) is 31.1 Å². The summed E-state index contributed by atoms with van der Waals surface area (Å²) in [6.07, 6.45) is 5.79. The van der Waals surface area contributed by atoms with Gasteiger partial charge in [0.05, 0.1) is 6.10 Å². The monoisotopic (exact) mass is 312 g/mol. The highest BCUT2D eigenvalue weighted by Gasteiger charge is 2.16. The zero-order valence-electron chi connectivity index (χ0n) is 12.9. The third-order valence-electron chi connectivity index (χ3n) is 3.75. The third-order valence-corrected chi connectivity index (χ3v) is 3.75. The third kappa shape index (κ3) is 4.53. The maximum absolute atomic E-state index is 12.1. The SMILES string of the molecule is O=C(NCc1cccnc1)c1ccc(OCC2CCCO2)cc1. The van der Waals surface area contributed by atoms with Crippen LogP contribution in [-0.2, 0) is 11.3 Å². The number of amides is 1. The van der Waals surface area contributed by atoms with Crippen LogP contribution in [0.3, 0.4) is 0 Å². The zero-order valence-corrected chi connectivity index (χ0v) is 12.9. The fourth-order valence-corrected chi connectivity index (χ4v) is 2.45. The van der Waals surface area contributed by atoms with Crippen LogP contribution in [-0.4, -0.2) is 30.2 Å². The molecule has 5 nitrogen and oxygen atoms in total. The Bertz CT molecular complexity index is 622. The quantitative estimate of drug-likeness (QED) is 0.890. The molecule has 120 valence electrons. The van der Waals surface area contributed by atoms with Gasteiger partial charge in [0.15, 0.2) is 0 Å². The molecule has 1 aromatic carbocycles. The van der Waals surface area contributed by atoms with E-state index in [-0.39, 0.29) is 12.0 Å². The summed E-state index contributed by atoms with van der Waals surface area (Å²) in [5.74, 6) is 0.642. The van der Waals surface area contributed by atoms with Crippen LogP contribution in [0.1, 0.15) is 28.8 Å². The van der Waals surface area contributed by atoms with E-state index in [1.807, 2.05) is 24.3 Å². The highest BCUT2D eigenvalue weighted by atomic mass is 16.5. The number of ether oxygens (including phenoxy) is 2. The van der Waals surface area contributed by atoms with E-state index in [0.717, 1.165) is 30.8 Å². The number of benzene rings is 1. The minimum atomic E-state index is -0.112. The molecule has 3 rings (SSSR count). The average molecular weight is 312 g/mol. The fraction of sp³-hybridized carbons (Fsp3) is 0.333. The first-order valence-electron chi connectivity index (χ1n) is 7.83. The van der Waals surface area contributed by atoms with Crippen LogP contribution in [0.2, 0.25) is 0 Å². The molecule has 1 N–H and O–H groups in total. The number of carbonyl (C=O) groups excluding carboxylic acids is 1. The van der Waals surface area contributed by atoms with Gasteiger partial charge >= 0.3 is 0 Å². The van der Waals surface area contributed by atoms with Gasteiger partial charge in [-0.2, -0.15) is 0 Å². The van der Waals surface area contributed by atoms with Crippen LogP contribution >= 0.6 is 0 Å². The van der Waals surface area contributed by atoms with Crippen molar-refractivity contribution in [2.75, 3.05) is 13.2 Å². The summed E-state index contributed by atoms with van der Waals surface area (Å²) in [7, 11) is 0. The lowest BCUT2D eigenvalue weighted by molar-refractivity contribution is 0.0679. The van der Waals surface area contributed by atoms with Crippen molar-refractivity contribution in [3.8, 4) is 5.75 Å². The van der Waals surface area contributed by atoms with Crippen molar-refractivity contribution in [3.63, 3.8) is 0 Å². The van der Waals surface area contributed by atoms with Gasteiger partial charge < -0.3 is 14.8 Å². The van der Waals surface area contributed by atoms with Gasteiger partial charge in [-0.3, -0.25) is 9.78 Å². The van der Waals surface area contributed by atoms with E-state index in [4.69, 9.17) is 9.47 Å². The van der Waals surface area contributed by atoms with E-state index in [1.165, 1.54) is 0 Å². The Balaban J connectivity index is 1.48. The number of nitrogens with zero attached hydrogens (tertiary/aromatic N) is 1. The highest BCUT2D eigenvalue weighted by molar-refractivity contribution is 5.94. The maximum Gasteiger partial charge on any atom is 0.251 e. The van der Waals surface area contributed by atoms with Crippen molar-refractivity contribution < 1.29 is 14.3 Å².